The standard InChI is InChI=1S/C28H22Cl2FN3O7S2/c29-18-1-11-25(24(30)15-18)33-42(36,37)22-8-4-20(5-9-22)32-28(35)17-34(21-6-2-19(31)3-7-21)43(38,39)23-10-12-26-27(16-23)41-14-13-40-26/h1-12,15-16,33H,13-14,17H2,(H,32,35). The van der Waals surface area contributed by atoms with Crippen molar-refractivity contribution in [3.8, 4) is 11.5 Å². The molecule has 0 radical (unpaired) electrons. The molecular formula is C28H22Cl2FN3O7S2. The van der Waals surface area contributed by atoms with Gasteiger partial charge in [0.05, 0.1) is 26.2 Å². The molecule has 0 atom stereocenters. The van der Waals surface area contributed by atoms with Crippen molar-refractivity contribution in [2.24, 2.45) is 0 Å². The quantitative estimate of drug-likeness (QED) is 0.240. The average molecular weight is 667 g/mol. The van der Waals surface area contributed by atoms with Gasteiger partial charge in [-0.15, -0.1) is 0 Å². The molecule has 4 aromatic rings. The van der Waals surface area contributed by atoms with Crippen molar-refractivity contribution in [1.29, 1.82) is 0 Å². The number of halogens is 3. The summed E-state index contributed by atoms with van der Waals surface area (Å²) in [5.41, 5.74) is 0.368. The van der Waals surface area contributed by atoms with Crippen LogP contribution in [-0.2, 0) is 24.8 Å². The zero-order valence-electron chi connectivity index (χ0n) is 22.0. The number of carbonyl (C=O) groups excluding carboxylic acids is 1. The van der Waals surface area contributed by atoms with Crippen LogP contribution in [-0.4, -0.2) is 42.5 Å². The van der Waals surface area contributed by atoms with Crippen LogP contribution in [0, 0.1) is 5.82 Å². The Labute approximate surface area is 257 Å². The number of anilines is 3. The van der Waals surface area contributed by atoms with Gasteiger partial charge in [-0.05, 0) is 78.9 Å². The lowest BCUT2D eigenvalue weighted by Crippen LogP contribution is -2.38. The second kappa shape index (κ2) is 12.3. The van der Waals surface area contributed by atoms with Gasteiger partial charge in [-0.1, -0.05) is 23.2 Å². The highest BCUT2D eigenvalue weighted by Crippen LogP contribution is 2.34. The van der Waals surface area contributed by atoms with Gasteiger partial charge in [-0.25, -0.2) is 21.2 Å². The van der Waals surface area contributed by atoms with E-state index < -0.39 is 38.3 Å². The van der Waals surface area contributed by atoms with E-state index in [1.165, 1.54) is 72.8 Å². The Morgan fingerprint density at radius 1 is 0.814 bits per heavy atom. The molecular weight excluding hydrogens is 644 g/mol. The zero-order valence-corrected chi connectivity index (χ0v) is 25.1. The van der Waals surface area contributed by atoms with E-state index in [1.54, 1.807) is 0 Å². The normalized spacial score (nSPS) is 12.8. The lowest BCUT2D eigenvalue weighted by atomic mass is 10.3. The minimum absolute atomic E-state index is 0.0415. The maximum absolute atomic E-state index is 13.7. The van der Waals surface area contributed by atoms with Crippen molar-refractivity contribution in [1.82, 2.24) is 0 Å². The molecule has 10 nitrogen and oxygen atoms in total. The number of benzene rings is 4. The zero-order chi connectivity index (χ0) is 30.8. The van der Waals surface area contributed by atoms with Gasteiger partial charge in [0.15, 0.2) is 11.5 Å². The molecule has 15 heteroatoms. The largest absolute Gasteiger partial charge is 0.486 e. The Morgan fingerprint density at radius 3 is 2.14 bits per heavy atom. The monoisotopic (exact) mass is 665 g/mol. The number of ether oxygens (including phenoxy) is 2. The van der Waals surface area contributed by atoms with Crippen LogP contribution in [0.2, 0.25) is 10.0 Å². The van der Waals surface area contributed by atoms with Gasteiger partial charge in [0, 0.05) is 16.8 Å². The van der Waals surface area contributed by atoms with Crippen molar-refractivity contribution in [2.45, 2.75) is 9.79 Å². The summed E-state index contributed by atoms with van der Waals surface area (Å²) < 4.78 is 80.9. The fourth-order valence-corrected chi connectivity index (χ4v) is 7.09. The van der Waals surface area contributed by atoms with Crippen molar-refractivity contribution in [3.63, 3.8) is 0 Å². The van der Waals surface area contributed by atoms with E-state index in [1.807, 2.05) is 0 Å². The van der Waals surface area contributed by atoms with Crippen molar-refractivity contribution in [3.05, 3.63) is 101 Å². The number of nitrogens with zero attached hydrogens (tertiary/aromatic N) is 1. The summed E-state index contributed by atoms with van der Waals surface area (Å²) in [6, 6.07) is 18.2. The topological polar surface area (TPSA) is 131 Å². The third-order valence-corrected chi connectivity index (χ3v) is 9.83. The van der Waals surface area contributed by atoms with Crippen LogP contribution in [0.5, 0.6) is 11.5 Å². The molecule has 4 aromatic carbocycles. The molecule has 0 unspecified atom stereocenters. The second-order valence-electron chi connectivity index (χ2n) is 9.10. The van der Waals surface area contributed by atoms with Crippen LogP contribution >= 0.6 is 23.2 Å². The number of hydrogen-bond acceptors (Lipinski definition) is 7. The summed E-state index contributed by atoms with van der Waals surface area (Å²) in [5.74, 6) is -0.716. The van der Waals surface area contributed by atoms with E-state index in [0.717, 1.165) is 16.4 Å². The summed E-state index contributed by atoms with van der Waals surface area (Å²) in [4.78, 5) is 12.8. The molecule has 224 valence electrons. The highest BCUT2D eigenvalue weighted by Gasteiger charge is 2.29. The Hall–Kier alpha value is -4.04. The van der Waals surface area contributed by atoms with Gasteiger partial charge in [-0.3, -0.25) is 13.8 Å². The third kappa shape index (κ3) is 6.96. The Balaban J connectivity index is 1.35. The number of rotatable bonds is 9. The molecule has 1 aliphatic rings. The van der Waals surface area contributed by atoms with Crippen molar-refractivity contribution in [2.75, 3.05) is 34.1 Å². The van der Waals surface area contributed by atoms with E-state index in [9.17, 15) is 26.0 Å². The molecule has 0 saturated carbocycles. The summed E-state index contributed by atoms with van der Waals surface area (Å²) in [6.45, 7) is -0.119. The predicted octanol–water partition coefficient (Wildman–Crippen LogP) is 5.54. The number of fused-ring (bicyclic) bond motifs is 1. The molecule has 5 rings (SSSR count). The first-order valence-corrected chi connectivity index (χ1v) is 16.2. The van der Waals surface area contributed by atoms with Crippen LogP contribution in [0.3, 0.4) is 0 Å². The minimum atomic E-state index is -4.34. The van der Waals surface area contributed by atoms with Gasteiger partial charge in [0.1, 0.15) is 25.6 Å². The SMILES string of the molecule is O=C(CN(c1ccc(F)cc1)S(=O)(=O)c1ccc2c(c1)OCCO2)Nc1ccc(S(=O)(=O)Nc2ccc(Cl)cc2Cl)cc1. The van der Waals surface area contributed by atoms with E-state index in [2.05, 4.69) is 10.0 Å². The van der Waals surface area contributed by atoms with Crippen LogP contribution in [0.4, 0.5) is 21.5 Å². The van der Waals surface area contributed by atoms with Gasteiger partial charge in [0.25, 0.3) is 20.0 Å². The minimum Gasteiger partial charge on any atom is -0.486 e. The molecule has 0 aromatic heterocycles. The molecule has 0 fully saturated rings. The summed E-state index contributed by atoms with van der Waals surface area (Å²) in [7, 11) is -8.38. The van der Waals surface area contributed by atoms with Gasteiger partial charge in [-0.2, -0.15) is 0 Å². The first kappa shape index (κ1) is 30.4. The molecule has 43 heavy (non-hydrogen) atoms. The lowest BCUT2D eigenvalue weighted by Gasteiger charge is -2.25. The summed E-state index contributed by atoms with van der Waals surface area (Å²) >= 11 is 11.9. The Kier molecular flexibility index (Phi) is 8.69. The van der Waals surface area contributed by atoms with Crippen LogP contribution in [0.25, 0.3) is 0 Å². The smallest absolute Gasteiger partial charge is 0.264 e. The molecule has 0 saturated heterocycles. The first-order valence-electron chi connectivity index (χ1n) is 12.5. The fraction of sp³-hybridized carbons (Fsp3) is 0.107. The number of carbonyl (C=O) groups is 1. The number of amides is 1. The number of nitrogens with one attached hydrogen (secondary N) is 2. The van der Waals surface area contributed by atoms with Gasteiger partial charge < -0.3 is 14.8 Å². The Bertz CT molecular complexity index is 1890. The molecule has 1 heterocycles. The number of sulfonamides is 2. The molecule has 1 aliphatic heterocycles. The van der Waals surface area contributed by atoms with E-state index in [-0.39, 0.29) is 44.2 Å². The average Bonchev–Trinajstić information content (AvgIpc) is 2.98. The molecule has 0 aliphatic carbocycles. The van der Waals surface area contributed by atoms with Crippen molar-refractivity contribution < 1.29 is 35.5 Å². The third-order valence-electron chi connectivity index (χ3n) is 6.13. The molecule has 2 N–H and O–H groups in total. The van der Waals surface area contributed by atoms with Crippen LogP contribution < -0.4 is 23.8 Å². The highest BCUT2D eigenvalue weighted by atomic mass is 35.5. The van der Waals surface area contributed by atoms with E-state index in [0.29, 0.717) is 17.4 Å². The maximum atomic E-state index is 13.7. The first-order chi connectivity index (χ1) is 20.4. The highest BCUT2D eigenvalue weighted by molar-refractivity contribution is 7.93. The summed E-state index contributed by atoms with van der Waals surface area (Å²) in [5, 5.41) is 3.00. The van der Waals surface area contributed by atoms with Gasteiger partial charge >= 0.3 is 0 Å². The lowest BCUT2D eigenvalue weighted by molar-refractivity contribution is -0.114. The van der Waals surface area contributed by atoms with E-state index >= 15 is 0 Å². The molecule has 0 bridgehead atoms. The summed E-state index contributed by atoms with van der Waals surface area (Å²) in [6.07, 6.45) is 0. The van der Waals surface area contributed by atoms with Crippen molar-refractivity contribution >= 4 is 66.2 Å². The Morgan fingerprint density at radius 2 is 1.47 bits per heavy atom. The van der Waals surface area contributed by atoms with Crippen LogP contribution in [0.15, 0.2) is 94.7 Å². The van der Waals surface area contributed by atoms with Gasteiger partial charge in [0.2, 0.25) is 5.91 Å². The molecule has 0 spiro atoms. The van der Waals surface area contributed by atoms with Crippen LogP contribution in [0.1, 0.15) is 0 Å². The number of hydrogen-bond donors (Lipinski definition) is 2. The van der Waals surface area contributed by atoms with E-state index in [4.69, 9.17) is 32.7 Å². The second-order valence-corrected chi connectivity index (χ2v) is 13.5. The fourth-order valence-electron chi connectivity index (χ4n) is 4.06. The maximum Gasteiger partial charge on any atom is 0.264 e. The molecule has 1 amide bonds. The predicted molar refractivity (Wildman–Crippen MR) is 161 cm³/mol.